The molecule has 0 aromatic heterocycles. The number of hydrogen-bond acceptors (Lipinski definition) is 7. The Kier molecular flexibility index (Phi) is 7.40. The molecule has 0 spiro atoms. The third-order valence-electron chi connectivity index (χ3n) is 5.88. The number of aliphatic hydroxyl groups is 1. The van der Waals surface area contributed by atoms with E-state index in [1.807, 2.05) is 42.6 Å². The Morgan fingerprint density at radius 2 is 1.77 bits per heavy atom. The zero-order valence-corrected chi connectivity index (χ0v) is 18.0. The van der Waals surface area contributed by atoms with Crippen molar-refractivity contribution in [3.05, 3.63) is 54.1 Å². The van der Waals surface area contributed by atoms with Gasteiger partial charge in [-0.15, -0.1) is 0 Å². The van der Waals surface area contributed by atoms with Gasteiger partial charge in [-0.3, -0.25) is 15.2 Å². The average molecular weight is 425 g/mol. The summed E-state index contributed by atoms with van der Waals surface area (Å²) in [5.74, 6) is 1.98. The third kappa shape index (κ3) is 6.19. The minimum atomic E-state index is -0.143. The van der Waals surface area contributed by atoms with E-state index in [9.17, 15) is 5.11 Å². The van der Waals surface area contributed by atoms with Crippen LogP contribution in [0.4, 0.5) is 5.69 Å². The number of aliphatic imine (C=N–C) groups is 1. The molecule has 0 amide bonds. The van der Waals surface area contributed by atoms with Gasteiger partial charge in [0.15, 0.2) is 6.29 Å². The number of rotatable bonds is 8. The maximum atomic E-state index is 9.58. The van der Waals surface area contributed by atoms with E-state index < -0.39 is 0 Å². The highest BCUT2D eigenvalue weighted by Gasteiger charge is 2.18. The molecule has 0 radical (unpaired) electrons. The molecule has 166 valence electrons. The number of aliphatic hydroxyl groups excluding tert-OH is 1. The Balaban J connectivity index is 1.21. The van der Waals surface area contributed by atoms with Crippen LogP contribution in [0.2, 0.25) is 0 Å². The normalized spacial score (nSPS) is 22.3. The molecule has 0 aliphatic carbocycles. The van der Waals surface area contributed by atoms with Crippen molar-refractivity contribution >= 4 is 11.9 Å². The van der Waals surface area contributed by atoms with E-state index in [4.69, 9.17) is 9.47 Å². The quantitative estimate of drug-likeness (QED) is 0.605. The molecule has 7 heteroatoms. The fraction of sp³-hybridized carbons (Fsp3) is 0.458. The molecular weight excluding hydrogens is 392 g/mol. The van der Waals surface area contributed by atoms with Crippen LogP contribution in [0.15, 0.2) is 53.5 Å². The summed E-state index contributed by atoms with van der Waals surface area (Å²) in [7, 11) is 1.68. The van der Waals surface area contributed by atoms with Crippen molar-refractivity contribution < 1.29 is 14.6 Å². The Bertz CT molecular complexity index is 833. The lowest BCUT2D eigenvalue weighted by molar-refractivity contribution is 0.0755. The minimum absolute atomic E-state index is 0.131. The molecule has 1 fully saturated rings. The predicted octanol–water partition coefficient (Wildman–Crippen LogP) is 2.68. The number of benzene rings is 2. The van der Waals surface area contributed by atoms with Crippen molar-refractivity contribution in [3.8, 4) is 11.5 Å². The van der Waals surface area contributed by atoms with Gasteiger partial charge in [0, 0.05) is 44.0 Å². The van der Waals surface area contributed by atoms with Crippen molar-refractivity contribution in [2.75, 3.05) is 45.2 Å². The first kappa shape index (κ1) is 21.6. The van der Waals surface area contributed by atoms with Gasteiger partial charge in [0.1, 0.15) is 18.1 Å². The second-order valence-corrected chi connectivity index (χ2v) is 8.08. The molecule has 2 aliphatic rings. The number of methoxy groups -OCH3 is 1. The van der Waals surface area contributed by atoms with E-state index in [0.29, 0.717) is 6.61 Å². The van der Waals surface area contributed by atoms with E-state index in [1.54, 1.807) is 7.11 Å². The van der Waals surface area contributed by atoms with Crippen LogP contribution in [0.1, 0.15) is 24.3 Å². The van der Waals surface area contributed by atoms with Gasteiger partial charge in [-0.25, -0.2) is 0 Å². The molecule has 31 heavy (non-hydrogen) atoms. The Labute approximate surface area is 184 Å². The van der Waals surface area contributed by atoms with Crippen LogP contribution in [0.3, 0.4) is 0 Å². The van der Waals surface area contributed by atoms with Gasteiger partial charge < -0.3 is 19.9 Å². The highest BCUT2D eigenvalue weighted by Crippen LogP contribution is 2.21. The fourth-order valence-electron chi connectivity index (χ4n) is 3.92. The number of nitrogens with one attached hydrogen (secondary N) is 2. The lowest BCUT2D eigenvalue weighted by Gasteiger charge is -2.29. The molecule has 1 saturated heterocycles. The molecule has 0 saturated carbocycles. The Morgan fingerprint density at radius 1 is 1.06 bits per heavy atom. The summed E-state index contributed by atoms with van der Waals surface area (Å²) in [6.07, 6.45) is 3.45. The molecule has 2 unspecified atom stereocenters. The summed E-state index contributed by atoms with van der Waals surface area (Å²) >= 11 is 0. The molecule has 2 aliphatic heterocycles. The van der Waals surface area contributed by atoms with Crippen molar-refractivity contribution in [2.24, 2.45) is 4.99 Å². The lowest BCUT2D eigenvalue weighted by Crippen LogP contribution is -2.41. The first-order chi connectivity index (χ1) is 15.2. The number of anilines is 1. The van der Waals surface area contributed by atoms with Crippen LogP contribution in [-0.2, 0) is 0 Å². The van der Waals surface area contributed by atoms with Crippen LogP contribution in [0.25, 0.3) is 0 Å². The lowest BCUT2D eigenvalue weighted by atomic mass is 9.99. The summed E-state index contributed by atoms with van der Waals surface area (Å²) < 4.78 is 11.1. The fourth-order valence-corrected chi connectivity index (χ4v) is 3.92. The summed E-state index contributed by atoms with van der Waals surface area (Å²) in [6.45, 7) is 4.26. The highest BCUT2D eigenvalue weighted by molar-refractivity contribution is 5.69. The zero-order valence-electron chi connectivity index (χ0n) is 18.0. The van der Waals surface area contributed by atoms with E-state index in [-0.39, 0.29) is 18.3 Å². The van der Waals surface area contributed by atoms with E-state index in [2.05, 4.69) is 32.7 Å². The van der Waals surface area contributed by atoms with Gasteiger partial charge in [0.05, 0.1) is 13.2 Å². The molecule has 2 aromatic rings. The van der Waals surface area contributed by atoms with E-state index >= 15 is 0 Å². The van der Waals surface area contributed by atoms with Crippen LogP contribution < -0.4 is 20.1 Å². The van der Waals surface area contributed by atoms with E-state index in [1.165, 1.54) is 5.56 Å². The molecule has 2 atom stereocenters. The number of piperidine rings is 1. The molecule has 7 nitrogen and oxygen atoms in total. The van der Waals surface area contributed by atoms with Crippen molar-refractivity contribution in [2.45, 2.75) is 31.2 Å². The molecule has 2 aromatic carbocycles. The van der Waals surface area contributed by atoms with E-state index in [0.717, 1.165) is 56.2 Å². The number of likely N-dealkylation sites (tertiary alicyclic amines) is 1. The standard InChI is InChI=1S/C24H32N4O3/c1-30-22-6-2-18(3-7-22)19-16-25-24(26-17-19)27-20-4-8-23(9-5-20)31-15-14-28-12-10-21(29)11-13-28/h2-9,16,19,21,24,26-27,29H,10-15,17H2,1H3. The van der Waals surface area contributed by atoms with Gasteiger partial charge in [-0.2, -0.15) is 0 Å². The largest absolute Gasteiger partial charge is 0.497 e. The Hall–Kier alpha value is -2.61. The monoisotopic (exact) mass is 424 g/mol. The SMILES string of the molecule is COc1ccc(C2C=NC(Nc3ccc(OCCN4CCC(O)CC4)cc3)NC2)cc1. The minimum Gasteiger partial charge on any atom is -0.497 e. The van der Waals surface area contributed by atoms with Crippen molar-refractivity contribution in [3.63, 3.8) is 0 Å². The second kappa shape index (κ2) is 10.6. The Morgan fingerprint density at radius 3 is 2.42 bits per heavy atom. The molecule has 4 rings (SSSR count). The maximum Gasteiger partial charge on any atom is 0.173 e. The molecule has 0 bridgehead atoms. The summed E-state index contributed by atoms with van der Waals surface area (Å²) in [5.41, 5.74) is 2.22. The van der Waals surface area contributed by atoms with Crippen LogP contribution in [-0.4, -0.2) is 68.5 Å². The zero-order chi connectivity index (χ0) is 21.5. The summed E-state index contributed by atoms with van der Waals surface area (Å²) in [6, 6.07) is 16.1. The topological polar surface area (TPSA) is 78.3 Å². The van der Waals surface area contributed by atoms with Crippen molar-refractivity contribution in [1.29, 1.82) is 0 Å². The van der Waals surface area contributed by atoms with Gasteiger partial charge in [0.2, 0.25) is 0 Å². The smallest absolute Gasteiger partial charge is 0.173 e. The predicted molar refractivity (Wildman–Crippen MR) is 123 cm³/mol. The number of hydrogen-bond donors (Lipinski definition) is 3. The number of ether oxygens (including phenoxy) is 2. The molecule has 2 heterocycles. The van der Waals surface area contributed by atoms with Gasteiger partial charge >= 0.3 is 0 Å². The van der Waals surface area contributed by atoms with Crippen LogP contribution >= 0.6 is 0 Å². The highest BCUT2D eigenvalue weighted by atomic mass is 16.5. The van der Waals surface area contributed by atoms with Gasteiger partial charge in [0.25, 0.3) is 0 Å². The van der Waals surface area contributed by atoms with Gasteiger partial charge in [-0.1, -0.05) is 12.1 Å². The van der Waals surface area contributed by atoms with Gasteiger partial charge in [-0.05, 0) is 54.8 Å². The molecular formula is C24H32N4O3. The summed E-state index contributed by atoms with van der Waals surface area (Å²) in [5, 5.41) is 16.4. The number of nitrogens with zero attached hydrogens (tertiary/aromatic N) is 2. The van der Waals surface area contributed by atoms with Crippen LogP contribution in [0, 0.1) is 0 Å². The van der Waals surface area contributed by atoms with Crippen molar-refractivity contribution in [1.82, 2.24) is 10.2 Å². The third-order valence-corrected chi connectivity index (χ3v) is 5.88. The second-order valence-electron chi connectivity index (χ2n) is 8.08. The molecule has 3 N–H and O–H groups in total. The summed E-state index contributed by atoms with van der Waals surface area (Å²) in [4.78, 5) is 6.96. The average Bonchev–Trinajstić information content (AvgIpc) is 2.82. The maximum absolute atomic E-state index is 9.58. The van der Waals surface area contributed by atoms with Crippen LogP contribution in [0.5, 0.6) is 11.5 Å². The first-order valence-electron chi connectivity index (χ1n) is 11.0. The first-order valence-corrected chi connectivity index (χ1v) is 11.0.